The van der Waals surface area contributed by atoms with Crippen molar-refractivity contribution in [3.63, 3.8) is 0 Å². The highest BCUT2D eigenvalue weighted by molar-refractivity contribution is 6.45. The Morgan fingerprint density at radius 2 is 1.55 bits per heavy atom. The second-order valence-corrected chi connectivity index (χ2v) is 8.09. The average molecular weight is 444 g/mol. The summed E-state index contributed by atoms with van der Waals surface area (Å²) in [4.78, 5) is 32.5. The van der Waals surface area contributed by atoms with Crippen molar-refractivity contribution in [3.05, 3.63) is 102 Å². The first kappa shape index (κ1) is 22.3. The van der Waals surface area contributed by atoms with Gasteiger partial charge in [-0.15, -0.1) is 0 Å². The Labute approximate surface area is 193 Å². The Morgan fingerprint density at radius 1 is 0.848 bits per heavy atom. The van der Waals surface area contributed by atoms with Crippen LogP contribution < -0.4 is 9.80 Å². The van der Waals surface area contributed by atoms with Gasteiger partial charge in [0.1, 0.15) is 11.5 Å². The molecule has 0 bridgehead atoms. The minimum absolute atomic E-state index is 0.285. The Bertz CT molecular complexity index is 1200. The molecule has 1 aliphatic rings. The summed E-state index contributed by atoms with van der Waals surface area (Å²) < 4.78 is 13.6. The zero-order valence-electron chi connectivity index (χ0n) is 19.0. The van der Waals surface area contributed by atoms with Crippen LogP contribution in [-0.2, 0) is 16.1 Å². The van der Waals surface area contributed by atoms with E-state index in [4.69, 9.17) is 0 Å². The van der Waals surface area contributed by atoms with Gasteiger partial charge in [-0.3, -0.25) is 9.59 Å². The Morgan fingerprint density at radius 3 is 2.18 bits per heavy atom. The lowest BCUT2D eigenvalue weighted by molar-refractivity contribution is -0.120. The molecule has 0 atom stereocenters. The molecule has 0 saturated carbocycles. The molecule has 4 rings (SSSR count). The Kier molecular flexibility index (Phi) is 6.27. The molecule has 0 aliphatic carbocycles. The zero-order chi connectivity index (χ0) is 23.5. The van der Waals surface area contributed by atoms with E-state index in [1.807, 2.05) is 79.3 Å². The number of carbonyl (C=O) groups is 2. The minimum Gasteiger partial charge on any atom is -0.378 e. The lowest BCUT2D eigenvalue weighted by atomic mass is 10.0. The number of amides is 2. The van der Waals surface area contributed by atoms with Gasteiger partial charge in [0.05, 0.1) is 11.3 Å². The number of imide groups is 1. The van der Waals surface area contributed by atoms with Gasteiger partial charge in [-0.2, -0.15) is 0 Å². The van der Waals surface area contributed by atoms with E-state index in [9.17, 15) is 14.0 Å². The standard InChI is InChI=1S/C27H26FN3O2/c1-4-30(18-19-9-6-5-7-10-19)25-24(20-13-15-21(28)16-14-20)26(32)31(27(25)33)23-12-8-11-22(17-23)29(2)3/h5-17H,4,18H2,1-3H3. The van der Waals surface area contributed by atoms with Crippen LogP contribution >= 0.6 is 0 Å². The third kappa shape index (κ3) is 4.37. The molecule has 0 spiro atoms. The molecule has 0 saturated heterocycles. The van der Waals surface area contributed by atoms with Gasteiger partial charge in [0.25, 0.3) is 11.8 Å². The van der Waals surface area contributed by atoms with Gasteiger partial charge in [-0.25, -0.2) is 9.29 Å². The lowest BCUT2D eigenvalue weighted by Crippen LogP contribution is -2.35. The first-order chi connectivity index (χ1) is 15.9. The highest BCUT2D eigenvalue weighted by atomic mass is 19.1. The maximum atomic E-state index is 13.8. The molecule has 0 unspecified atom stereocenters. The number of anilines is 2. The van der Waals surface area contributed by atoms with Crippen LogP contribution in [-0.4, -0.2) is 37.4 Å². The number of halogens is 1. The fraction of sp³-hybridized carbons (Fsp3) is 0.185. The zero-order valence-corrected chi connectivity index (χ0v) is 19.0. The number of hydrogen-bond donors (Lipinski definition) is 0. The molecule has 33 heavy (non-hydrogen) atoms. The fourth-order valence-corrected chi connectivity index (χ4v) is 3.99. The quantitative estimate of drug-likeness (QED) is 0.497. The molecule has 0 fully saturated rings. The van der Waals surface area contributed by atoms with Gasteiger partial charge in [0.2, 0.25) is 0 Å². The van der Waals surface area contributed by atoms with E-state index in [2.05, 4.69) is 0 Å². The average Bonchev–Trinajstić information content (AvgIpc) is 3.08. The Balaban J connectivity index is 1.83. The molecule has 0 aromatic heterocycles. The van der Waals surface area contributed by atoms with E-state index >= 15 is 0 Å². The maximum Gasteiger partial charge on any atom is 0.282 e. The van der Waals surface area contributed by atoms with Crippen LogP contribution in [0.15, 0.2) is 84.6 Å². The van der Waals surface area contributed by atoms with Crippen molar-refractivity contribution in [1.82, 2.24) is 4.90 Å². The molecule has 1 aliphatic heterocycles. The second kappa shape index (κ2) is 9.28. The van der Waals surface area contributed by atoms with E-state index in [-0.39, 0.29) is 11.5 Å². The van der Waals surface area contributed by atoms with Crippen molar-refractivity contribution in [2.24, 2.45) is 0 Å². The van der Waals surface area contributed by atoms with Gasteiger partial charge in [0, 0.05) is 32.9 Å². The van der Waals surface area contributed by atoms with E-state index in [0.29, 0.717) is 30.0 Å². The first-order valence-electron chi connectivity index (χ1n) is 10.9. The molecule has 5 nitrogen and oxygen atoms in total. The number of rotatable bonds is 7. The lowest BCUT2D eigenvalue weighted by Gasteiger charge is -2.25. The van der Waals surface area contributed by atoms with Crippen LogP contribution in [0.5, 0.6) is 0 Å². The van der Waals surface area contributed by atoms with Crippen LogP contribution in [0.4, 0.5) is 15.8 Å². The third-order valence-electron chi connectivity index (χ3n) is 5.71. The molecule has 168 valence electrons. The van der Waals surface area contributed by atoms with Crippen LogP contribution in [0.2, 0.25) is 0 Å². The predicted octanol–water partition coefficient (Wildman–Crippen LogP) is 4.70. The third-order valence-corrected chi connectivity index (χ3v) is 5.71. The molecule has 3 aromatic carbocycles. The normalized spacial score (nSPS) is 13.6. The van der Waals surface area contributed by atoms with Crippen LogP contribution in [0.1, 0.15) is 18.1 Å². The summed E-state index contributed by atoms with van der Waals surface area (Å²) in [5.74, 6) is -1.19. The monoisotopic (exact) mass is 443 g/mol. The van der Waals surface area contributed by atoms with Crippen LogP contribution in [0, 0.1) is 5.82 Å². The molecular weight excluding hydrogens is 417 g/mol. The van der Waals surface area contributed by atoms with Crippen molar-refractivity contribution in [2.45, 2.75) is 13.5 Å². The van der Waals surface area contributed by atoms with E-state index < -0.39 is 11.7 Å². The smallest absolute Gasteiger partial charge is 0.282 e. The first-order valence-corrected chi connectivity index (χ1v) is 10.9. The van der Waals surface area contributed by atoms with Gasteiger partial charge >= 0.3 is 0 Å². The van der Waals surface area contributed by atoms with Gasteiger partial charge in [-0.05, 0) is 48.4 Å². The summed E-state index contributed by atoms with van der Waals surface area (Å²) in [7, 11) is 3.80. The number of carbonyl (C=O) groups excluding carboxylic acids is 2. The van der Waals surface area contributed by atoms with Gasteiger partial charge in [0.15, 0.2) is 0 Å². The topological polar surface area (TPSA) is 43.9 Å². The maximum absolute atomic E-state index is 13.8. The highest BCUT2D eigenvalue weighted by Crippen LogP contribution is 2.36. The van der Waals surface area contributed by atoms with Crippen molar-refractivity contribution in [3.8, 4) is 0 Å². The number of hydrogen-bond acceptors (Lipinski definition) is 4. The predicted molar refractivity (Wildman–Crippen MR) is 129 cm³/mol. The number of benzene rings is 3. The number of likely N-dealkylation sites (N-methyl/N-ethyl adjacent to an activating group) is 1. The number of nitrogens with zero attached hydrogens (tertiary/aromatic N) is 3. The van der Waals surface area contributed by atoms with Gasteiger partial charge < -0.3 is 9.80 Å². The molecule has 6 heteroatoms. The summed E-state index contributed by atoms with van der Waals surface area (Å²) in [5.41, 5.74) is 3.53. The summed E-state index contributed by atoms with van der Waals surface area (Å²) in [5, 5.41) is 0. The van der Waals surface area contributed by atoms with Crippen LogP contribution in [0.3, 0.4) is 0 Å². The molecule has 2 amide bonds. The van der Waals surface area contributed by atoms with Crippen molar-refractivity contribution in [2.75, 3.05) is 30.4 Å². The molecular formula is C27H26FN3O2. The largest absolute Gasteiger partial charge is 0.378 e. The summed E-state index contributed by atoms with van der Waals surface area (Å²) in [6.45, 7) is 2.95. The SMILES string of the molecule is CCN(Cc1ccccc1)C1=C(c2ccc(F)cc2)C(=O)N(c2cccc(N(C)C)c2)C1=O. The van der Waals surface area contributed by atoms with Gasteiger partial charge in [-0.1, -0.05) is 48.5 Å². The fourth-order valence-electron chi connectivity index (χ4n) is 3.99. The summed E-state index contributed by atoms with van der Waals surface area (Å²) >= 11 is 0. The van der Waals surface area contributed by atoms with Crippen LogP contribution in [0.25, 0.3) is 5.57 Å². The minimum atomic E-state index is -0.413. The second-order valence-electron chi connectivity index (χ2n) is 8.09. The molecule has 1 heterocycles. The molecule has 0 N–H and O–H groups in total. The molecule has 3 aromatic rings. The van der Waals surface area contributed by atoms with Crippen molar-refractivity contribution >= 4 is 28.8 Å². The van der Waals surface area contributed by atoms with Crippen molar-refractivity contribution < 1.29 is 14.0 Å². The summed E-state index contributed by atoms with van der Waals surface area (Å²) in [6, 6.07) is 22.8. The highest BCUT2D eigenvalue weighted by Gasteiger charge is 2.42. The van der Waals surface area contributed by atoms with E-state index in [1.54, 1.807) is 18.2 Å². The molecule has 0 radical (unpaired) electrons. The van der Waals surface area contributed by atoms with E-state index in [1.165, 1.54) is 17.0 Å². The summed E-state index contributed by atoms with van der Waals surface area (Å²) in [6.07, 6.45) is 0. The van der Waals surface area contributed by atoms with E-state index in [0.717, 1.165) is 11.3 Å². The Hall–Kier alpha value is -3.93. The van der Waals surface area contributed by atoms with Crippen molar-refractivity contribution in [1.29, 1.82) is 0 Å².